The minimum Gasteiger partial charge on any atom is -0.248 e. The van der Waals surface area contributed by atoms with Gasteiger partial charge >= 0.3 is 0 Å². The molecule has 96 valence electrons. The molecule has 0 bridgehead atoms. The molecular weight excluding hydrogens is 245 g/mol. The number of aromatic nitrogens is 5. The molecule has 0 aliphatic rings. The van der Waals surface area contributed by atoms with Crippen LogP contribution in [0, 0.1) is 12.7 Å². The summed E-state index contributed by atoms with van der Waals surface area (Å²) in [7, 11) is 0. The van der Waals surface area contributed by atoms with Crippen LogP contribution in [0.1, 0.15) is 11.4 Å². The third-order valence-corrected chi connectivity index (χ3v) is 2.70. The number of rotatable bonds is 3. The highest BCUT2D eigenvalue weighted by Gasteiger charge is 2.04. The molecular formula is C13H12FN5. The molecule has 0 fully saturated rings. The average Bonchev–Trinajstić information content (AvgIpc) is 2.99. The van der Waals surface area contributed by atoms with Gasteiger partial charge in [-0.15, -0.1) is 0 Å². The molecule has 0 atom stereocenters. The summed E-state index contributed by atoms with van der Waals surface area (Å²) >= 11 is 0. The molecule has 2 heterocycles. The van der Waals surface area contributed by atoms with E-state index in [2.05, 4.69) is 15.2 Å². The van der Waals surface area contributed by atoms with E-state index in [0.717, 1.165) is 11.4 Å². The lowest BCUT2D eigenvalue weighted by atomic mass is 10.3. The Balaban J connectivity index is 1.83. The van der Waals surface area contributed by atoms with Crippen LogP contribution in [0.3, 0.4) is 0 Å². The quantitative estimate of drug-likeness (QED) is 0.720. The maximum Gasteiger partial charge on any atom is 0.147 e. The van der Waals surface area contributed by atoms with Crippen LogP contribution in [0.25, 0.3) is 5.69 Å². The molecule has 0 amide bonds. The molecule has 0 unspecified atom stereocenters. The summed E-state index contributed by atoms with van der Waals surface area (Å²) in [4.78, 5) is 4.06. The lowest BCUT2D eigenvalue weighted by Gasteiger charge is -2.00. The summed E-state index contributed by atoms with van der Waals surface area (Å²) in [6, 6.07) is 6.31. The van der Waals surface area contributed by atoms with E-state index in [0.29, 0.717) is 12.2 Å². The molecule has 0 saturated carbocycles. The number of hydrogen-bond acceptors (Lipinski definition) is 3. The standard InChI is InChI=1S/C13H12FN5/c1-10-15-9-18(17-10)7-11-6-16-19(8-11)13-4-2-3-12(14)5-13/h2-6,8-9H,7H2,1H3. The van der Waals surface area contributed by atoms with Crippen LogP contribution in [0.15, 0.2) is 43.0 Å². The Morgan fingerprint density at radius 1 is 1.32 bits per heavy atom. The Hall–Kier alpha value is -2.50. The van der Waals surface area contributed by atoms with Crippen molar-refractivity contribution in [2.75, 3.05) is 0 Å². The van der Waals surface area contributed by atoms with E-state index in [1.165, 1.54) is 12.1 Å². The van der Waals surface area contributed by atoms with Gasteiger partial charge in [0.2, 0.25) is 0 Å². The van der Waals surface area contributed by atoms with E-state index >= 15 is 0 Å². The first-order chi connectivity index (χ1) is 9.20. The van der Waals surface area contributed by atoms with Gasteiger partial charge in [0.25, 0.3) is 0 Å². The highest BCUT2D eigenvalue weighted by Crippen LogP contribution is 2.10. The molecule has 1 aromatic carbocycles. The lowest BCUT2D eigenvalue weighted by molar-refractivity contribution is 0.625. The Morgan fingerprint density at radius 2 is 2.21 bits per heavy atom. The Labute approximate surface area is 109 Å². The summed E-state index contributed by atoms with van der Waals surface area (Å²) in [6.07, 6.45) is 5.27. The van der Waals surface area contributed by atoms with E-state index in [1.54, 1.807) is 34.0 Å². The first-order valence-corrected chi connectivity index (χ1v) is 5.86. The van der Waals surface area contributed by atoms with E-state index < -0.39 is 0 Å². The van der Waals surface area contributed by atoms with Crippen molar-refractivity contribution in [3.8, 4) is 5.69 Å². The van der Waals surface area contributed by atoms with E-state index in [1.807, 2.05) is 13.1 Å². The van der Waals surface area contributed by atoms with Crippen molar-refractivity contribution in [1.29, 1.82) is 0 Å². The predicted molar refractivity (Wildman–Crippen MR) is 67.4 cm³/mol. The van der Waals surface area contributed by atoms with Crippen LogP contribution in [0.2, 0.25) is 0 Å². The number of aryl methyl sites for hydroxylation is 1. The minimum absolute atomic E-state index is 0.276. The normalized spacial score (nSPS) is 10.8. The molecule has 5 nitrogen and oxygen atoms in total. The molecule has 0 N–H and O–H groups in total. The minimum atomic E-state index is -0.276. The Morgan fingerprint density at radius 3 is 2.95 bits per heavy atom. The van der Waals surface area contributed by atoms with Crippen LogP contribution in [-0.2, 0) is 6.54 Å². The summed E-state index contributed by atoms with van der Waals surface area (Å²) in [5.74, 6) is 0.457. The predicted octanol–water partition coefficient (Wildman–Crippen LogP) is 1.96. The smallest absolute Gasteiger partial charge is 0.147 e. The van der Waals surface area contributed by atoms with E-state index in [4.69, 9.17) is 0 Å². The number of hydrogen-bond donors (Lipinski definition) is 0. The zero-order valence-corrected chi connectivity index (χ0v) is 10.4. The average molecular weight is 257 g/mol. The number of benzene rings is 1. The second-order valence-electron chi connectivity index (χ2n) is 4.26. The summed E-state index contributed by atoms with van der Waals surface area (Å²) in [6.45, 7) is 2.43. The molecule has 0 spiro atoms. The highest BCUT2D eigenvalue weighted by atomic mass is 19.1. The third kappa shape index (κ3) is 2.52. The van der Waals surface area contributed by atoms with Crippen molar-refractivity contribution < 1.29 is 4.39 Å². The molecule has 0 saturated heterocycles. The van der Waals surface area contributed by atoms with Gasteiger partial charge in [-0.05, 0) is 25.1 Å². The van der Waals surface area contributed by atoms with Gasteiger partial charge in [0.15, 0.2) is 0 Å². The van der Waals surface area contributed by atoms with Crippen LogP contribution in [0.4, 0.5) is 4.39 Å². The summed E-state index contributed by atoms with van der Waals surface area (Å²) in [5.41, 5.74) is 1.68. The zero-order chi connectivity index (χ0) is 13.2. The van der Waals surface area contributed by atoms with Crippen molar-refractivity contribution in [1.82, 2.24) is 24.5 Å². The van der Waals surface area contributed by atoms with Crippen molar-refractivity contribution in [2.45, 2.75) is 13.5 Å². The van der Waals surface area contributed by atoms with Gasteiger partial charge in [0.1, 0.15) is 18.0 Å². The molecule has 6 heteroatoms. The molecule has 0 radical (unpaired) electrons. The van der Waals surface area contributed by atoms with Gasteiger partial charge < -0.3 is 0 Å². The maximum absolute atomic E-state index is 13.1. The number of halogens is 1. The van der Waals surface area contributed by atoms with Crippen LogP contribution in [0.5, 0.6) is 0 Å². The Kier molecular flexibility index (Phi) is 2.83. The summed E-state index contributed by atoms with van der Waals surface area (Å²) < 4.78 is 16.5. The third-order valence-electron chi connectivity index (χ3n) is 2.70. The van der Waals surface area contributed by atoms with Crippen molar-refractivity contribution in [3.05, 3.63) is 60.2 Å². The fraction of sp³-hybridized carbons (Fsp3) is 0.154. The topological polar surface area (TPSA) is 48.5 Å². The molecule has 0 aliphatic heterocycles. The fourth-order valence-electron chi connectivity index (χ4n) is 1.85. The highest BCUT2D eigenvalue weighted by molar-refractivity contribution is 5.31. The van der Waals surface area contributed by atoms with Crippen LogP contribution in [-0.4, -0.2) is 24.5 Å². The van der Waals surface area contributed by atoms with Gasteiger partial charge in [-0.3, -0.25) is 0 Å². The first kappa shape index (κ1) is 11.6. The van der Waals surface area contributed by atoms with Crippen molar-refractivity contribution in [3.63, 3.8) is 0 Å². The molecule has 3 aromatic rings. The van der Waals surface area contributed by atoms with E-state index in [-0.39, 0.29) is 5.82 Å². The number of nitrogens with zero attached hydrogens (tertiary/aromatic N) is 5. The van der Waals surface area contributed by atoms with Crippen molar-refractivity contribution in [2.24, 2.45) is 0 Å². The lowest BCUT2D eigenvalue weighted by Crippen LogP contribution is -1.99. The van der Waals surface area contributed by atoms with Crippen molar-refractivity contribution >= 4 is 0 Å². The molecule has 19 heavy (non-hydrogen) atoms. The first-order valence-electron chi connectivity index (χ1n) is 5.86. The maximum atomic E-state index is 13.1. The fourth-order valence-corrected chi connectivity index (χ4v) is 1.85. The monoisotopic (exact) mass is 257 g/mol. The van der Waals surface area contributed by atoms with Gasteiger partial charge in [-0.25, -0.2) is 18.7 Å². The molecule has 0 aliphatic carbocycles. The van der Waals surface area contributed by atoms with Crippen LogP contribution >= 0.6 is 0 Å². The second kappa shape index (κ2) is 4.64. The SMILES string of the molecule is Cc1ncn(Cc2cnn(-c3cccc(F)c3)c2)n1. The van der Waals surface area contributed by atoms with Gasteiger partial charge in [-0.1, -0.05) is 6.07 Å². The Bertz CT molecular complexity index is 700. The van der Waals surface area contributed by atoms with Gasteiger partial charge in [0, 0.05) is 11.8 Å². The molecule has 3 rings (SSSR count). The second-order valence-corrected chi connectivity index (χ2v) is 4.26. The molecule has 2 aromatic heterocycles. The van der Waals surface area contributed by atoms with Crippen LogP contribution < -0.4 is 0 Å². The van der Waals surface area contributed by atoms with Gasteiger partial charge in [0.05, 0.1) is 18.4 Å². The van der Waals surface area contributed by atoms with Gasteiger partial charge in [-0.2, -0.15) is 10.2 Å². The van der Waals surface area contributed by atoms with E-state index in [9.17, 15) is 4.39 Å². The largest absolute Gasteiger partial charge is 0.248 e. The zero-order valence-electron chi connectivity index (χ0n) is 10.4. The summed E-state index contributed by atoms with van der Waals surface area (Å²) in [5, 5.41) is 8.43.